The molecule has 2 heterocycles. The maximum absolute atomic E-state index is 4.43. The van der Waals surface area contributed by atoms with Crippen molar-refractivity contribution in [2.24, 2.45) is 0 Å². The van der Waals surface area contributed by atoms with Crippen LogP contribution in [0.4, 0.5) is 11.8 Å². The van der Waals surface area contributed by atoms with Gasteiger partial charge in [-0.1, -0.05) is 12.1 Å². The zero-order valence-electron chi connectivity index (χ0n) is 11.4. The highest BCUT2D eigenvalue weighted by atomic mass is 79.9. The van der Waals surface area contributed by atoms with E-state index >= 15 is 0 Å². The van der Waals surface area contributed by atoms with Gasteiger partial charge in [0.2, 0.25) is 5.95 Å². The molecule has 2 rings (SSSR count). The molecule has 8 heteroatoms. The third-order valence-electron chi connectivity index (χ3n) is 2.61. The van der Waals surface area contributed by atoms with Crippen molar-refractivity contribution in [1.82, 2.24) is 25.0 Å². The fraction of sp³-hybridized carbons (Fsp3) is 0.500. The van der Waals surface area contributed by atoms with Gasteiger partial charge in [0.25, 0.3) is 0 Å². The topological polar surface area (TPSA) is 80.5 Å². The molecule has 2 aromatic heterocycles. The zero-order valence-corrected chi connectivity index (χ0v) is 13.0. The molecule has 0 aliphatic rings. The molecule has 0 saturated carbocycles. The molecule has 0 radical (unpaired) electrons. The van der Waals surface area contributed by atoms with Crippen molar-refractivity contribution in [2.45, 2.75) is 26.3 Å². The van der Waals surface area contributed by atoms with Crippen LogP contribution in [0.2, 0.25) is 0 Å². The average Bonchev–Trinajstić information content (AvgIpc) is 2.97. The molecule has 0 spiro atoms. The standard InChI is InChI=1S/C12H18BrN7/c1-2-4-15-12-16-9-10(13)11(18-12)14-5-3-7-20-8-6-17-19-20/h6,8-9H,2-5,7H2,1H3,(H2,14,15,16,18). The fourth-order valence-corrected chi connectivity index (χ4v) is 1.94. The predicted molar refractivity (Wildman–Crippen MR) is 81.6 cm³/mol. The summed E-state index contributed by atoms with van der Waals surface area (Å²) in [5.41, 5.74) is 0. The number of hydrogen-bond donors (Lipinski definition) is 2. The lowest BCUT2D eigenvalue weighted by Gasteiger charge is -2.09. The zero-order chi connectivity index (χ0) is 14.2. The molecule has 0 fully saturated rings. The van der Waals surface area contributed by atoms with Crippen molar-refractivity contribution in [2.75, 3.05) is 23.7 Å². The monoisotopic (exact) mass is 339 g/mol. The first-order valence-corrected chi connectivity index (χ1v) is 7.43. The molecule has 7 nitrogen and oxygen atoms in total. The lowest BCUT2D eigenvalue weighted by atomic mass is 10.4. The molecule has 0 aliphatic carbocycles. The highest BCUT2D eigenvalue weighted by Gasteiger charge is 2.04. The first kappa shape index (κ1) is 14.7. The van der Waals surface area contributed by atoms with Crippen LogP contribution in [-0.2, 0) is 6.54 Å². The molecular formula is C12H18BrN7. The van der Waals surface area contributed by atoms with Crippen LogP contribution in [0, 0.1) is 0 Å². The fourth-order valence-electron chi connectivity index (χ4n) is 1.61. The van der Waals surface area contributed by atoms with E-state index in [9.17, 15) is 0 Å². The minimum atomic E-state index is 0.647. The van der Waals surface area contributed by atoms with E-state index in [1.165, 1.54) is 0 Å². The van der Waals surface area contributed by atoms with Crippen molar-refractivity contribution in [3.05, 3.63) is 23.1 Å². The predicted octanol–water partition coefficient (Wildman–Crippen LogP) is 2.15. The summed E-state index contributed by atoms with van der Waals surface area (Å²) in [7, 11) is 0. The maximum atomic E-state index is 4.43. The summed E-state index contributed by atoms with van der Waals surface area (Å²) >= 11 is 3.45. The van der Waals surface area contributed by atoms with Crippen molar-refractivity contribution >= 4 is 27.7 Å². The van der Waals surface area contributed by atoms with Gasteiger partial charge in [-0.25, -0.2) is 4.98 Å². The smallest absolute Gasteiger partial charge is 0.224 e. The number of rotatable bonds is 8. The average molecular weight is 340 g/mol. The molecule has 0 saturated heterocycles. The van der Waals surface area contributed by atoms with Gasteiger partial charge in [-0.05, 0) is 28.8 Å². The molecule has 0 aliphatic heterocycles. The third kappa shape index (κ3) is 4.44. The van der Waals surface area contributed by atoms with Crippen molar-refractivity contribution in [3.63, 3.8) is 0 Å². The largest absolute Gasteiger partial charge is 0.369 e. The van der Waals surface area contributed by atoms with Crippen LogP contribution in [0.3, 0.4) is 0 Å². The first-order chi connectivity index (χ1) is 9.79. The van der Waals surface area contributed by atoms with E-state index in [-0.39, 0.29) is 0 Å². The molecular weight excluding hydrogens is 322 g/mol. The molecule has 0 atom stereocenters. The van der Waals surface area contributed by atoms with E-state index in [0.29, 0.717) is 5.95 Å². The molecule has 108 valence electrons. The Morgan fingerprint density at radius 3 is 2.95 bits per heavy atom. The maximum Gasteiger partial charge on any atom is 0.224 e. The van der Waals surface area contributed by atoms with E-state index in [0.717, 1.165) is 42.8 Å². The van der Waals surface area contributed by atoms with Gasteiger partial charge in [-0.2, -0.15) is 4.98 Å². The Hall–Kier alpha value is -1.70. The van der Waals surface area contributed by atoms with Crippen LogP contribution in [0.1, 0.15) is 19.8 Å². The summed E-state index contributed by atoms with van der Waals surface area (Å²) in [6.45, 7) is 4.61. The van der Waals surface area contributed by atoms with E-state index in [4.69, 9.17) is 0 Å². The second-order valence-electron chi connectivity index (χ2n) is 4.26. The van der Waals surface area contributed by atoms with Gasteiger partial charge in [0, 0.05) is 32.0 Å². The molecule has 2 N–H and O–H groups in total. The number of anilines is 2. The highest BCUT2D eigenvalue weighted by Crippen LogP contribution is 2.19. The van der Waals surface area contributed by atoms with Crippen molar-refractivity contribution in [3.8, 4) is 0 Å². The van der Waals surface area contributed by atoms with Crippen LogP contribution in [0.15, 0.2) is 23.1 Å². The number of aryl methyl sites for hydroxylation is 1. The summed E-state index contributed by atoms with van der Waals surface area (Å²) in [6, 6.07) is 0. The normalized spacial score (nSPS) is 10.5. The second-order valence-corrected chi connectivity index (χ2v) is 5.12. The van der Waals surface area contributed by atoms with Gasteiger partial charge in [0.1, 0.15) is 5.82 Å². The SMILES string of the molecule is CCCNc1ncc(Br)c(NCCCn2ccnn2)n1. The van der Waals surface area contributed by atoms with Gasteiger partial charge in [-0.15, -0.1) is 5.10 Å². The Balaban J connectivity index is 1.81. The Kier molecular flexibility index (Phi) is 5.72. The van der Waals surface area contributed by atoms with Crippen LogP contribution in [0.25, 0.3) is 0 Å². The van der Waals surface area contributed by atoms with Crippen LogP contribution >= 0.6 is 15.9 Å². The summed E-state index contributed by atoms with van der Waals surface area (Å²) in [5, 5.41) is 14.2. The summed E-state index contributed by atoms with van der Waals surface area (Å²) in [4.78, 5) is 8.64. The Morgan fingerprint density at radius 2 is 2.20 bits per heavy atom. The lowest BCUT2D eigenvalue weighted by Crippen LogP contribution is -2.11. The van der Waals surface area contributed by atoms with E-state index < -0.39 is 0 Å². The van der Waals surface area contributed by atoms with Gasteiger partial charge < -0.3 is 10.6 Å². The lowest BCUT2D eigenvalue weighted by molar-refractivity contribution is 0.569. The number of hydrogen-bond acceptors (Lipinski definition) is 6. The third-order valence-corrected chi connectivity index (χ3v) is 3.19. The summed E-state index contributed by atoms with van der Waals surface area (Å²) in [6.07, 6.45) is 7.27. The summed E-state index contributed by atoms with van der Waals surface area (Å²) < 4.78 is 2.67. The van der Waals surface area contributed by atoms with E-state index in [1.54, 1.807) is 12.4 Å². The summed E-state index contributed by atoms with van der Waals surface area (Å²) in [5.74, 6) is 1.45. The Bertz CT molecular complexity index is 515. The number of nitrogens with one attached hydrogen (secondary N) is 2. The molecule has 2 aromatic rings. The van der Waals surface area contributed by atoms with E-state index in [1.807, 2.05) is 10.9 Å². The molecule has 0 bridgehead atoms. The van der Waals surface area contributed by atoms with Crippen LogP contribution in [-0.4, -0.2) is 38.1 Å². The Labute approximate surface area is 126 Å². The van der Waals surface area contributed by atoms with Crippen molar-refractivity contribution < 1.29 is 0 Å². The molecule has 0 amide bonds. The molecule has 0 unspecified atom stereocenters. The second kappa shape index (κ2) is 7.78. The minimum Gasteiger partial charge on any atom is -0.369 e. The van der Waals surface area contributed by atoms with Crippen LogP contribution in [0.5, 0.6) is 0 Å². The number of nitrogens with zero attached hydrogens (tertiary/aromatic N) is 5. The first-order valence-electron chi connectivity index (χ1n) is 6.64. The number of halogens is 1. The number of aromatic nitrogens is 5. The van der Waals surface area contributed by atoms with Crippen LogP contribution < -0.4 is 10.6 Å². The van der Waals surface area contributed by atoms with E-state index in [2.05, 4.69) is 53.8 Å². The Morgan fingerprint density at radius 1 is 1.30 bits per heavy atom. The minimum absolute atomic E-state index is 0.647. The van der Waals surface area contributed by atoms with Crippen molar-refractivity contribution in [1.29, 1.82) is 0 Å². The highest BCUT2D eigenvalue weighted by molar-refractivity contribution is 9.10. The quantitative estimate of drug-likeness (QED) is 0.717. The van der Waals surface area contributed by atoms with Gasteiger partial charge in [0.05, 0.1) is 10.7 Å². The van der Waals surface area contributed by atoms with Gasteiger partial charge >= 0.3 is 0 Å². The molecule has 0 aromatic carbocycles. The van der Waals surface area contributed by atoms with Gasteiger partial charge in [-0.3, -0.25) is 4.68 Å². The molecule has 20 heavy (non-hydrogen) atoms. The van der Waals surface area contributed by atoms with Gasteiger partial charge in [0.15, 0.2) is 0 Å².